The molecule has 0 bridgehead atoms. The second-order valence-electron chi connectivity index (χ2n) is 1.88. The molecule has 0 heterocycles. The predicted octanol–water partition coefficient (Wildman–Crippen LogP) is 3.33. The Bertz CT molecular complexity index is 152. The zero-order valence-corrected chi connectivity index (χ0v) is 6.69. The van der Waals surface area contributed by atoms with Gasteiger partial charge in [0, 0.05) is 0 Å². The van der Waals surface area contributed by atoms with Crippen molar-refractivity contribution in [3.8, 4) is 0 Å². The standard InChI is InChI=1S/C4H2Cl2F6/c5-2(8)3(9,10)1(7)4(6,11)12/h1-2H. The van der Waals surface area contributed by atoms with Gasteiger partial charge >= 0.3 is 11.3 Å². The first-order valence-electron chi connectivity index (χ1n) is 2.47. The summed E-state index contributed by atoms with van der Waals surface area (Å²) in [6, 6.07) is 0. The zero-order chi connectivity index (χ0) is 10.2. The van der Waals surface area contributed by atoms with Gasteiger partial charge in [-0.2, -0.15) is 17.6 Å². The molecule has 0 fully saturated rings. The van der Waals surface area contributed by atoms with Crippen LogP contribution in [0.15, 0.2) is 0 Å². The molecule has 0 saturated carbocycles. The van der Waals surface area contributed by atoms with Crippen molar-refractivity contribution in [2.24, 2.45) is 0 Å². The minimum Gasteiger partial charge on any atom is -0.232 e. The third kappa shape index (κ3) is 2.58. The van der Waals surface area contributed by atoms with Crippen molar-refractivity contribution in [1.29, 1.82) is 0 Å². The Morgan fingerprint density at radius 3 is 1.42 bits per heavy atom. The van der Waals surface area contributed by atoms with E-state index in [0.29, 0.717) is 0 Å². The van der Waals surface area contributed by atoms with Crippen LogP contribution < -0.4 is 0 Å². The number of hydrogen-bond acceptors (Lipinski definition) is 0. The SMILES string of the molecule is FC(Cl)C(F)(F)C(F)C(F)(F)Cl. The molecular weight excluding hydrogens is 233 g/mol. The fraction of sp³-hybridized carbons (Fsp3) is 1.00. The third-order valence-corrected chi connectivity index (χ3v) is 1.40. The largest absolute Gasteiger partial charge is 0.358 e. The lowest BCUT2D eigenvalue weighted by molar-refractivity contribution is -0.162. The molecule has 0 N–H and O–H groups in total. The highest BCUT2D eigenvalue weighted by molar-refractivity contribution is 6.22. The second kappa shape index (κ2) is 3.49. The van der Waals surface area contributed by atoms with Gasteiger partial charge in [0.2, 0.25) is 11.8 Å². The maximum Gasteiger partial charge on any atom is 0.358 e. The summed E-state index contributed by atoms with van der Waals surface area (Å²) in [6.07, 6.45) is -4.15. The van der Waals surface area contributed by atoms with Crippen molar-refractivity contribution >= 4 is 23.2 Å². The van der Waals surface area contributed by atoms with Gasteiger partial charge in [-0.25, -0.2) is 8.78 Å². The normalized spacial score (nSPS) is 19.0. The molecule has 0 saturated heterocycles. The van der Waals surface area contributed by atoms with Crippen molar-refractivity contribution < 1.29 is 26.3 Å². The third-order valence-electron chi connectivity index (χ3n) is 0.916. The van der Waals surface area contributed by atoms with Gasteiger partial charge in [0.15, 0.2) is 0 Å². The van der Waals surface area contributed by atoms with Crippen LogP contribution in [0.4, 0.5) is 26.3 Å². The molecular formula is C4H2Cl2F6. The van der Waals surface area contributed by atoms with Gasteiger partial charge in [-0.3, -0.25) is 0 Å². The number of rotatable bonds is 3. The predicted molar refractivity (Wildman–Crippen MR) is 31.4 cm³/mol. The summed E-state index contributed by atoms with van der Waals surface area (Å²) in [5.74, 6) is -5.01. The number of alkyl halides is 8. The van der Waals surface area contributed by atoms with E-state index in [0.717, 1.165) is 0 Å². The molecule has 0 aromatic carbocycles. The summed E-state index contributed by atoms with van der Waals surface area (Å²) in [5, 5.41) is -4.84. The topological polar surface area (TPSA) is 0 Å². The molecule has 0 nitrogen and oxygen atoms in total. The average Bonchev–Trinajstić information content (AvgIpc) is 1.83. The lowest BCUT2D eigenvalue weighted by Crippen LogP contribution is -2.45. The fourth-order valence-electron chi connectivity index (χ4n) is 0.329. The molecule has 0 aliphatic heterocycles. The van der Waals surface area contributed by atoms with Crippen molar-refractivity contribution in [1.82, 2.24) is 0 Å². The van der Waals surface area contributed by atoms with Crippen molar-refractivity contribution in [2.45, 2.75) is 23.1 Å². The van der Waals surface area contributed by atoms with Gasteiger partial charge in [-0.05, 0) is 11.6 Å². The van der Waals surface area contributed by atoms with Gasteiger partial charge in [-0.1, -0.05) is 11.6 Å². The number of halogens is 8. The fourth-order valence-corrected chi connectivity index (χ4v) is 0.585. The van der Waals surface area contributed by atoms with Crippen molar-refractivity contribution in [2.75, 3.05) is 0 Å². The summed E-state index contributed by atoms with van der Waals surface area (Å²) >= 11 is 8.02. The molecule has 2 unspecified atom stereocenters. The summed E-state index contributed by atoms with van der Waals surface area (Å²) in [5.41, 5.74) is -3.54. The molecule has 0 rings (SSSR count). The summed E-state index contributed by atoms with van der Waals surface area (Å²) < 4.78 is 70.9. The van der Waals surface area contributed by atoms with Gasteiger partial charge in [-0.15, -0.1) is 0 Å². The van der Waals surface area contributed by atoms with E-state index >= 15 is 0 Å². The van der Waals surface area contributed by atoms with E-state index in [2.05, 4.69) is 23.2 Å². The van der Waals surface area contributed by atoms with Crippen molar-refractivity contribution in [3.63, 3.8) is 0 Å². The monoisotopic (exact) mass is 234 g/mol. The molecule has 0 aromatic heterocycles. The summed E-state index contributed by atoms with van der Waals surface area (Å²) in [4.78, 5) is 0. The van der Waals surface area contributed by atoms with E-state index in [1.165, 1.54) is 0 Å². The Labute approximate surface area is 73.4 Å². The first-order valence-corrected chi connectivity index (χ1v) is 3.28. The molecule has 74 valence electrons. The van der Waals surface area contributed by atoms with Crippen LogP contribution in [-0.2, 0) is 0 Å². The quantitative estimate of drug-likeness (QED) is 0.519. The Balaban J connectivity index is 4.57. The molecule has 0 spiro atoms. The molecule has 0 aromatic rings. The van der Waals surface area contributed by atoms with E-state index in [9.17, 15) is 26.3 Å². The van der Waals surface area contributed by atoms with Crippen LogP contribution in [0.3, 0.4) is 0 Å². The first-order chi connectivity index (χ1) is 5.10. The van der Waals surface area contributed by atoms with Gasteiger partial charge in [0.05, 0.1) is 0 Å². The van der Waals surface area contributed by atoms with Crippen LogP contribution in [-0.4, -0.2) is 23.1 Å². The number of hydrogen-bond donors (Lipinski definition) is 0. The van der Waals surface area contributed by atoms with E-state index in [-0.39, 0.29) is 0 Å². The maximum absolute atomic E-state index is 12.0. The molecule has 0 aliphatic rings. The molecule has 12 heavy (non-hydrogen) atoms. The zero-order valence-electron chi connectivity index (χ0n) is 5.18. The molecule has 0 amide bonds. The minimum absolute atomic E-state index is 3.54. The average molecular weight is 235 g/mol. The second-order valence-corrected chi connectivity index (χ2v) is 2.77. The van der Waals surface area contributed by atoms with Gasteiger partial charge < -0.3 is 0 Å². The highest BCUT2D eigenvalue weighted by atomic mass is 35.5. The van der Waals surface area contributed by atoms with Crippen LogP contribution in [0.1, 0.15) is 0 Å². The first kappa shape index (κ1) is 12.2. The minimum atomic E-state index is -5.01. The van der Waals surface area contributed by atoms with Crippen molar-refractivity contribution in [3.05, 3.63) is 0 Å². The Morgan fingerprint density at radius 2 is 1.33 bits per heavy atom. The smallest absolute Gasteiger partial charge is 0.232 e. The van der Waals surface area contributed by atoms with Crippen LogP contribution in [0.25, 0.3) is 0 Å². The Kier molecular flexibility index (Phi) is 3.54. The molecule has 0 aliphatic carbocycles. The summed E-state index contributed by atoms with van der Waals surface area (Å²) in [6.45, 7) is 0. The van der Waals surface area contributed by atoms with Crippen LogP contribution >= 0.6 is 23.2 Å². The Hall–Kier alpha value is 0.160. The van der Waals surface area contributed by atoms with E-state index < -0.39 is 23.1 Å². The van der Waals surface area contributed by atoms with Crippen LogP contribution in [0.2, 0.25) is 0 Å². The Morgan fingerprint density at radius 1 is 1.00 bits per heavy atom. The van der Waals surface area contributed by atoms with Crippen LogP contribution in [0, 0.1) is 0 Å². The molecule has 0 radical (unpaired) electrons. The molecule has 2 atom stereocenters. The van der Waals surface area contributed by atoms with E-state index in [4.69, 9.17) is 0 Å². The van der Waals surface area contributed by atoms with Crippen LogP contribution in [0.5, 0.6) is 0 Å². The van der Waals surface area contributed by atoms with Gasteiger partial charge in [0.25, 0.3) is 0 Å². The summed E-state index contributed by atoms with van der Waals surface area (Å²) in [7, 11) is 0. The highest BCUT2D eigenvalue weighted by Gasteiger charge is 2.59. The van der Waals surface area contributed by atoms with Gasteiger partial charge in [0.1, 0.15) is 0 Å². The lowest BCUT2D eigenvalue weighted by atomic mass is 10.2. The lowest BCUT2D eigenvalue weighted by Gasteiger charge is -2.23. The van der Waals surface area contributed by atoms with E-state index in [1.54, 1.807) is 0 Å². The molecule has 8 heteroatoms. The van der Waals surface area contributed by atoms with E-state index in [1.807, 2.05) is 0 Å². The highest BCUT2D eigenvalue weighted by Crippen LogP contribution is 2.40. The maximum atomic E-state index is 12.0.